The van der Waals surface area contributed by atoms with E-state index in [9.17, 15) is 4.79 Å². The van der Waals surface area contributed by atoms with Crippen LogP contribution < -0.4 is 10.6 Å². The van der Waals surface area contributed by atoms with Crippen LogP contribution >= 0.6 is 0 Å². The summed E-state index contributed by atoms with van der Waals surface area (Å²) in [7, 11) is 0. The highest BCUT2D eigenvalue weighted by molar-refractivity contribution is 5.93. The third kappa shape index (κ3) is 4.43. The first-order valence-electron chi connectivity index (χ1n) is 7.74. The second kappa shape index (κ2) is 7.76. The van der Waals surface area contributed by atoms with Gasteiger partial charge in [-0.1, -0.05) is 55.0 Å². The molecule has 0 aliphatic rings. The Labute approximate surface area is 132 Å². The molecule has 3 nitrogen and oxygen atoms in total. The fourth-order valence-electron chi connectivity index (χ4n) is 2.53. The SMILES string of the molecule is CCc1cccc(C)c1NC(=O)CNCc1cccc(C)c1. The van der Waals surface area contributed by atoms with E-state index in [1.807, 2.05) is 25.1 Å². The molecule has 2 aromatic rings. The van der Waals surface area contributed by atoms with Gasteiger partial charge in [0.25, 0.3) is 0 Å². The smallest absolute Gasteiger partial charge is 0.238 e. The summed E-state index contributed by atoms with van der Waals surface area (Å²) in [5, 5.41) is 6.22. The Morgan fingerprint density at radius 2 is 1.86 bits per heavy atom. The monoisotopic (exact) mass is 296 g/mol. The first-order valence-corrected chi connectivity index (χ1v) is 7.74. The van der Waals surface area contributed by atoms with Gasteiger partial charge in [-0.05, 0) is 37.0 Å². The number of hydrogen-bond acceptors (Lipinski definition) is 2. The van der Waals surface area contributed by atoms with Crippen molar-refractivity contribution in [3.8, 4) is 0 Å². The van der Waals surface area contributed by atoms with E-state index < -0.39 is 0 Å². The fourth-order valence-corrected chi connectivity index (χ4v) is 2.53. The fraction of sp³-hybridized carbons (Fsp3) is 0.316. The zero-order valence-corrected chi connectivity index (χ0v) is 13.6. The maximum atomic E-state index is 12.1. The molecule has 0 saturated carbocycles. The highest BCUT2D eigenvalue weighted by atomic mass is 16.1. The van der Waals surface area contributed by atoms with Crippen LogP contribution in [0.3, 0.4) is 0 Å². The van der Waals surface area contributed by atoms with E-state index in [-0.39, 0.29) is 5.91 Å². The van der Waals surface area contributed by atoms with Gasteiger partial charge in [-0.25, -0.2) is 0 Å². The molecule has 0 spiro atoms. The van der Waals surface area contributed by atoms with E-state index in [0.29, 0.717) is 13.1 Å². The van der Waals surface area contributed by atoms with E-state index in [2.05, 4.69) is 48.7 Å². The van der Waals surface area contributed by atoms with Gasteiger partial charge in [0, 0.05) is 12.2 Å². The molecule has 2 aromatic carbocycles. The van der Waals surface area contributed by atoms with Gasteiger partial charge in [0.15, 0.2) is 0 Å². The number of hydrogen-bond donors (Lipinski definition) is 2. The van der Waals surface area contributed by atoms with Crippen LogP contribution in [0.25, 0.3) is 0 Å². The van der Waals surface area contributed by atoms with E-state index >= 15 is 0 Å². The second-order valence-electron chi connectivity index (χ2n) is 5.60. The molecule has 2 N–H and O–H groups in total. The lowest BCUT2D eigenvalue weighted by Crippen LogP contribution is -2.28. The summed E-state index contributed by atoms with van der Waals surface area (Å²) in [6, 6.07) is 14.4. The number of nitrogens with one attached hydrogen (secondary N) is 2. The highest BCUT2D eigenvalue weighted by Gasteiger charge is 2.08. The minimum absolute atomic E-state index is 0.00310. The number of para-hydroxylation sites is 1. The lowest BCUT2D eigenvalue weighted by Gasteiger charge is -2.13. The molecule has 0 heterocycles. The van der Waals surface area contributed by atoms with Gasteiger partial charge in [-0.2, -0.15) is 0 Å². The molecule has 0 bridgehead atoms. The summed E-state index contributed by atoms with van der Waals surface area (Å²) in [4.78, 5) is 12.1. The van der Waals surface area contributed by atoms with Gasteiger partial charge in [0.05, 0.1) is 6.54 Å². The largest absolute Gasteiger partial charge is 0.324 e. The third-order valence-corrected chi connectivity index (χ3v) is 3.70. The number of anilines is 1. The molecule has 116 valence electrons. The normalized spacial score (nSPS) is 10.5. The van der Waals surface area contributed by atoms with Gasteiger partial charge in [-0.3, -0.25) is 4.79 Å². The van der Waals surface area contributed by atoms with Gasteiger partial charge in [0.1, 0.15) is 0 Å². The number of benzene rings is 2. The predicted octanol–water partition coefficient (Wildman–Crippen LogP) is 3.59. The molecular weight excluding hydrogens is 272 g/mol. The number of aryl methyl sites for hydroxylation is 3. The van der Waals surface area contributed by atoms with Crippen LogP contribution in [-0.4, -0.2) is 12.5 Å². The van der Waals surface area contributed by atoms with Gasteiger partial charge < -0.3 is 10.6 Å². The van der Waals surface area contributed by atoms with Gasteiger partial charge in [-0.15, -0.1) is 0 Å². The molecule has 0 atom stereocenters. The lowest BCUT2D eigenvalue weighted by molar-refractivity contribution is -0.115. The van der Waals surface area contributed by atoms with Crippen molar-refractivity contribution in [1.29, 1.82) is 0 Å². The molecule has 22 heavy (non-hydrogen) atoms. The first kappa shape index (κ1) is 16.2. The van der Waals surface area contributed by atoms with Crippen molar-refractivity contribution in [3.05, 3.63) is 64.7 Å². The maximum Gasteiger partial charge on any atom is 0.238 e. The Kier molecular flexibility index (Phi) is 5.73. The van der Waals surface area contributed by atoms with Crippen molar-refractivity contribution in [2.75, 3.05) is 11.9 Å². The second-order valence-corrected chi connectivity index (χ2v) is 5.60. The Morgan fingerprint density at radius 1 is 1.09 bits per heavy atom. The highest BCUT2D eigenvalue weighted by Crippen LogP contribution is 2.20. The van der Waals surface area contributed by atoms with Crippen LogP contribution in [0.5, 0.6) is 0 Å². The van der Waals surface area contributed by atoms with E-state index in [0.717, 1.165) is 17.7 Å². The Bertz CT molecular complexity index is 650. The van der Waals surface area contributed by atoms with Crippen molar-refractivity contribution in [2.45, 2.75) is 33.7 Å². The number of rotatable bonds is 6. The van der Waals surface area contributed by atoms with Gasteiger partial charge >= 0.3 is 0 Å². The first-order chi connectivity index (χ1) is 10.6. The topological polar surface area (TPSA) is 41.1 Å². The summed E-state index contributed by atoms with van der Waals surface area (Å²) >= 11 is 0. The van der Waals surface area contributed by atoms with Crippen molar-refractivity contribution in [2.24, 2.45) is 0 Å². The van der Waals surface area contributed by atoms with E-state index in [1.54, 1.807) is 0 Å². The van der Waals surface area contributed by atoms with Crippen LogP contribution in [0.2, 0.25) is 0 Å². The molecule has 0 aliphatic carbocycles. The average molecular weight is 296 g/mol. The molecule has 0 unspecified atom stereocenters. The van der Waals surface area contributed by atoms with Gasteiger partial charge in [0.2, 0.25) is 5.91 Å². The Hall–Kier alpha value is -2.13. The average Bonchev–Trinajstić information content (AvgIpc) is 2.49. The zero-order chi connectivity index (χ0) is 15.9. The number of carbonyl (C=O) groups excluding carboxylic acids is 1. The molecule has 0 saturated heterocycles. The molecule has 0 fully saturated rings. The molecule has 2 rings (SSSR count). The summed E-state index contributed by atoms with van der Waals surface area (Å²) in [6.07, 6.45) is 0.911. The summed E-state index contributed by atoms with van der Waals surface area (Å²) in [5.41, 5.74) is 5.65. The number of amides is 1. The summed E-state index contributed by atoms with van der Waals surface area (Å²) in [6.45, 7) is 7.20. The molecule has 1 amide bonds. The van der Waals surface area contributed by atoms with Crippen molar-refractivity contribution in [1.82, 2.24) is 5.32 Å². The Balaban J connectivity index is 1.89. The quantitative estimate of drug-likeness (QED) is 0.855. The molecule has 3 heteroatoms. The number of carbonyl (C=O) groups is 1. The summed E-state index contributed by atoms with van der Waals surface area (Å²) < 4.78 is 0. The van der Waals surface area contributed by atoms with Crippen LogP contribution in [-0.2, 0) is 17.8 Å². The van der Waals surface area contributed by atoms with E-state index in [4.69, 9.17) is 0 Å². The Morgan fingerprint density at radius 3 is 2.59 bits per heavy atom. The third-order valence-electron chi connectivity index (χ3n) is 3.70. The van der Waals surface area contributed by atoms with Crippen LogP contribution in [0.4, 0.5) is 5.69 Å². The van der Waals surface area contributed by atoms with Crippen LogP contribution in [0.15, 0.2) is 42.5 Å². The maximum absolute atomic E-state index is 12.1. The van der Waals surface area contributed by atoms with Crippen LogP contribution in [0.1, 0.15) is 29.2 Å². The molecule has 0 aromatic heterocycles. The van der Waals surface area contributed by atoms with Crippen molar-refractivity contribution >= 4 is 11.6 Å². The molecule has 0 radical (unpaired) electrons. The van der Waals surface area contributed by atoms with Crippen molar-refractivity contribution in [3.63, 3.8) is 0 Å². The van der Waals surface area contributed by atoms with Crippen LogP contribution in [0, 0.1) is 13.8 Å². The minimum atomic E-state index is -0.00310. The standard InChI is InChI=1S/C19H24N2O/c1-4-17-10-6-8-15(3)19(17)21-18(22)13-20-12-16-9-5-7-14(2)11-16/h5-11,20H,4,12-13H2,1-3H3,(H,21,22). The molecule has 0 aliphatic heterocycles. The predicted molar refractivity (Wildman–Crippen MR) is 92.1 cm³/mol. The molecular formula is C19H24N2O. The minimum Gasteiger partial charge on any atom is -0.324 e. The lowest BCUT2D eigenvalue weighted by atomic mass is 10.1. The summed E-state index contributed by atoms with van der Waals surface area (Å²) in [5.74, 6) is -0.00310. The van der Waals surface area contributed by atoms with Crippen molar-refractivity contribution < 1.29 is 4.79 Å². The zero-order valence-electron chi connectivity index (χ0n) is 13.6. The van der Waals surface area contributed by atoms with E-state index in [1.165, 1.54) is 16.7 Å².